The molecule has 26 heavy (non-hydrogen) atoms. The van der Waals surface area contributed by atoms with Crippen LogP contribution in [0.25, 0.3) is 0 Å². The number of amides is 1. The molecule has 0 spiro atoms. The first kappa shape index (κ1) is 22.0. The maximum absolute atomic E-state index is 11.5. The Morgan fingerprint density at radius 1 is 1.08 bits per heavy atom. The van der Waals surface area contributed by atoms with E-state index in [9.17, 15) is 13.2 Å². The van der Waals surface area contributed by atoms with Gasteiger partial charge in [-0.25, -0.2) is 8.42 Å². The summed E-state index contributed by atoms with van der Waals surface area (Å²) in [4.78, 5) is 16.3. The van der Waals surface area contributed by atoms with Gasteiger partial charge in [0.25, 0.3) is 0 Å². The second-order valence-corrected chi connectivity index (χ2v) is 8.32. The molecule has 0 unspecified atom stereocenters. The van der Waals surface area contributed by atoms with E-state index in [0.717, 1.165) is 12.1 Å². The Hall–Kier alpha value is -2.09. The summed E-state index contributed by atoms with van der Waals surface area (Å²) in [6.07, 6.45) is 1.91. The Labute approximate surface area is 156 Å². The first-order valence-corrected chi connectivity index (χ1v) is 10.7. The SMILES string of the molecule is CCNC(=NCCc1ccc(S(C)(=O)=O)cc1)NCCNC(=O)C(C)C. The minimum atomic E-state index is -3.16. The first-order chi connectivity index (χ1) is 12.2. The third kappa shape index (κ3) is 8.33. The lowest BCUT2D eigenvalue weighted by molar-refractivity contribution is -0.123. The zero-order valence-corrected chi connectivity index (χ0v) is 16.8. The third-order valence-corrected chi connectivity index (χ3v) is 4.74. The smallest absolute Gasteiger partial charge is 0.222 e. The maximum Gasteiger partial charge on any atom is 0.222 e. The van der Waals surface area contributed by atoms with Crippen molar-refractivity contribution in [3.05, 3.63) is 29.8 Å². The topological polar surface area (TPSA) is 99.7 Å². The Morgan fingerprint density at radius 3 is 2.23 bits per heavy atom. The molecule has 3 N–H and O–H groups in total. The fourth-order valence-corrected chi connectivity index (χ4v) is 2.74. The van der Waals surface area contributed by atoms with Crippen molar-refractivity contribution in [2.24, 2.45) is 10.9 Å². The highest BCUT2D eigenvalue weighted by Gasteiger charge is 2.06. The monoisotopic (exact) mass is 382 g/mol. The molecule has 7 nitrogen and oxygen atoms in total. The lowest BCUT2D eigenvalue weighted by Gasteiger charge is -2.12. The highest BCUT2D eigenvalue weighted by molar-refractivity contribution is 7.90. The van der Waals surface area contributed by atoms with Gasteiger partial charge in [-0.15, -0.1) is 0 Å². The predicted octanol–water partition coefficient (Wildman–Crippen LogP) is 0.960. The average molecular weight is 383 g/mol. The van der Waals surface area contributed by atoms with Gasteiger partial charge in [0.1, 0.15) is 0 Å². The van der Waals surface area contributed by atoms with Crippen LogP contribution in [0.5, 0.6) is 0 Å². The second kappa shape index (κ2) is 10.8. The number of hydrogen-bond donors (Lipinski definition) is 3. The molecule has 0 bridgehead atoms. The van der Waals surface area contributed by atoms with E-state index >= 15 is 0 Å². The maximum atomic E-state index is 11.5. The van der Waals surface area contributed by atoms with Gasteiger partial charge in [0.2, 0.25) is 5.91 Å². The normalized spacial score (nSPS) is 12.1. The Kier molecular flexibility index (Phi) is 9.12. The van der Waals surface area contributed by atoms with Crippen LogP contribution < -0.4 is 16.0 Å². The molecule has 0 aliphatic carbocycles. The molecule has 1 aromatic rings. The van der Waals surface area contributed by atoms with E-state index in [2.05, 4.69) is 20.9 Å². The van der Waals surface area contributed by atoms with E-state index in [4.69, 9.17) is 0 Å². The highest BCUT2D eigenvalue weighted by Crippen LogP contribution is 2.10. The van der Waals surface area contributed by atoms with Crippen molar-refractivity contribution in [3.8, 4) is 0 Å². The predicted molar refractivity (Wildman–Crippen MR) is 105 cm³/mol. The molecule has 8 heteroatoms. The average Bonchev–Trinajstić information content (AvgIpc) is 2.58. The standard InChI is InChI=1S/C18H30N4O3S/c1-5-19-18(22-13-12-20-17(23)14(2)3)21-11-10-15-6-8-16(9-7-15)26(4,24)25/h6-9,14H,5,10-13H2,1-4H3,(H,20,23)(H2,19,21,22). The van der Waals surface area contributed by atoms with Crippen molar-refractivity contribution in [1.29, 1.82) is 0 Å². The van der Waals surface area contributed by atoms with Gasteiger partial charge in [0.15, 0.2) is 15.8 Å². The number of sulfone groups is 1. The number of carbonyl (C=O) groups is 1. The van der Waals surface area contributed by atoms with Crippen LogP contribution in [-0.4, -0.2) is 52.7 Å². The van der Waals surface area contributed by atoms with Crippen molar-refractivity contribution in [3.63, 3.8) is 0 Å². The molecule has 0 aromatic heterocycles. The molecule has 0 radical (unpaired) electrons. The summed E-state index contributed by atoms with van der Waals surface area (Å²) < 4.78 is 22.9. The lowest BCUT2D eigenvalue weighted by Crippen LogP contribution is -2.42. The van der Waals surface area contributed by atoms with Gasteiger partial charge < -0.3 is 16.0 Å². The van der Waals surface area contributed by atoms with Crippen LogP contribution in [-0.2, 0) is 21.1 Å². The number of nitrogens with zero attached hydrogens (tertiary/aromatic N) is 1. The summed E-state index contributed by atoms with van der Waals surface area (Å²) >= 11 is 0. The summed E-state index contributed by atoms with van der Waals surface area (Å²) in [6.45, 7) is 8.15. The van der Waals surface area contributed by atoms with E-state index in [1.54, 1.807) is 12.1 Å². The third-order valence-electron chi connectivity index (χ3n) is 3.61. The molecule has 0 atom stereocenters. The number of aliphatic imine (C=N–C) groups is 1. The van der Waals surface area contributed by atoms with Crippen LogP contribution >= 0.6 is 0 Å². The van der Waals surface area contributed by atoms with Gasteiger partial charge in [-0.1, -0.05) is 26.0 Å². The Morgan fingerprint density at radius 2 is 1.69 bits per heavy atom. The van der Waals surface area contributed by atoms with E-state index in [1.807, 2.05) is 32.9 Å². The molecular weight excluding hydrogens is 352 g/mol. The van der Waals surface area contributed by atoms with Crippen molar-refractivity contribution >= 4 is 21.7 Å². The first-order valence-electron chi connectivity index (χ1n) is 8.83. The largest absolute Gasteiger partial charge is 0.357 e. The van der Waals surface area contributed by atoms with E-state index < -0.39 is 9.84 Å². The lowest BCUT2D eigenvalue weighted by atomic mass is 10.1. The van der Waals surface area contributed by atoms with Gasteiger partial charge in [0.05, 0.1) is 4.90 Å². The van der Waals surface area contributed by atoms with Crippen molar-refractivity contribution in [2.75, 3.05) is 32.4 Å². The van der Waals surface area contributed by atoms with Gasteiger partial charge in [0, 0.05) is 38.4 Å². The molecule has 146 valence electrons. The second-order valence-electron chi connectivity index (χ2n) is 6.30. The van der Waals surface area contributed by atoms with Crippen LogP contribution in [0.1, 0.15) is 26.3 Å². The number of benzene rings is 1. The van der Waals surface area contributed by atoms with Crippen LogP contribution in [0.3, 0.4) is 0 Å². The summed E-state index contributed by atoms with van der Waals surface area (Å²) in [5.74, 6) is 0.705. The molecular formula is C18H30N4O3S. The zero-order chi connectivity index (χ0) is 19.6. The van der Waals surface area contributed by atoms with E-state index in [0.29, 0.717) is 36.9 Å². The van der Waals surface area contributed by atoms with Crippen molar-refractivity contribution in [1.82, 2.24) is 16.0 Å². The van der Waals surface area contributed by atoms with Crippen molar-refractivity contribution < 1.29 is 13.2 Å². The highest BCUT2D eigenvalue weighted by atomic mass is 32.2. The quantitative estimate of drug-likeness (QED) is 0.336. The molecule has 0 saturated carbocycles. The summed E-state index contributed by atoms with van der Waals surface area (Å²) in [6, 6.07) is 6.87. The molecule has 1 aromatic carbocycles. The fraction of sp³-hybridized carbons (Fsp3) is 0.556. The molecule has 1 amide bonds. The van der Waals surface area contributed by atoms with Gasteiger partial charge >= 0.3 is 0 Å². The van der Waals surface area contributed by atoms with Crippen LogP contribution in [0, 0.1) is 5.92 Å². The molecule has 0 aliphatic rings. The van der Waals surface area contributed by atoms with Crippen molar-refractivity contribution in [2.45, 2.75) is 32.1 Å². The van der Waals surface area contributed by atoms with E-state index in [-0.39, 0.29) is 11.8 Å². The summed E-state index contributed by atoms with van der Waals surface area (Å²) in [5, 5.41) is 9.18. The summed E-state index contributed by atoms with van der Waals surface area (Å²) in [5.41, 5.74) is 1.03. The summed E-state index contributed by atoms with van der Waals surface area (Å²) in [7, 11) is -3.16. The molecule has 1 rings (SSSR count). The number of guanidine groups is 1. The van der Waals surface area contributed by atoms with Crippen LogP contribution in [0.4, 0.5) is 0 Å². The minimum absolute atomic E-state index is 0.0222. The molecule has 0 aliphatic heterocycles. The number of hydrogen-bond acceptors (Lipinski definition) is 4. The molecule has 0 fully saturated rings. The molecule has 0 saturated heterocycles. The van der Waals surface area contributed by atoms with E-state index in [1.165, 1.54) is 6.26 Å². The Bertz CT molecular complexity index is 698. The van der Waals surface area contributed by atoms with Gasteiger partial charge in [-0.2, -0.15) is 0 Å². The van der Waals surface area contributed by atoms with Gasteiger partial charge in [-0.3, -0.25) is 9.79 Å². The van der Waals surface area contributed by atoms with Gasteiger partial charge in [-0.05, 0) is 31.0 Å². The van der Waals surface area contributed by atoms with Crippen LogP contribution in [0.2, 0.25) is 0 Å². The van der Waals surface area contributed by atoms with Crippen LogP contribution in [0.15, 0.2) is 34.2 Å². The zero-order valence-electron chi connectivity index (χ0n) is 16.0. The Balaban J connectivity index is 2.47. The molecule has 0 heterocycles. The number of rotatable bonds is 9. The minimum Gasteiger partial charge on any atom is -0.357 e. The fourth-order valence-electron chi connectivity index (χ4n) is 2.11. The number of nitrogens with one attached hydrogen (secondary N) is 3. The number of carbonyl (C=O) groups excluding carboxylic acids is 1.